The minimum absolute atomic E-state index is 0.0529. The first-order valence-electron chi connectivity index (χ1n) is 7.87. The minimum atomic E-state index is -0.437. The summed E-state index contributed by atoms with van der Waals surface area (Å²) in [5, 5.41) is 18.1. The fraction of sp³-hybridized carbons (Fsp3) is 0.0556. The number of fused-ring (bicyclic) bond motifs is 1. The lowest BCUT2D eigenvalue weighted by atomic mass is 10.0. The zero-order chi connectivity index (χ0) is 19.0. The second-order valence-corrected chi connectivity index (χ2v) is 6.47. The van der Waals surface area contributed by atoms with E-state index in [0.29, 0.717) is 32.3 Å². The molecule has 3 aromatic heterocycles. The van der Waals surface area contributed by atoms with Crippen LogP contribution in [0.1, 0.15) is 11.3 Å². The number of nitrogens with two attached hydrogens (primary N) is 1. The maximum atomic E-state index is 13.8. The summed E-state index contributed by atoms with van der Waals surface area (Å²) in [5.41, 5.74) is 8.74. The highest BCUT2D eigenvalue weighted by atomic mass is 79.9. The highest BCUT2D eigenvalue weighted by Crippen LogP contribution is 2.35. The molecule has 9 heteroatoms. The molecule has 0 aliphatic heterocycles. The number of nitriles is 1. The van der Waals surface area contributed by atoms with Crippen LogP contribution in [0.3, 0.4) is 0 Å². The van der Waals surface area contributed by atoms with E-state index in [-0.39, 0.29) is 18.1 Å². The normalized spacial score (nSPS) is 10.9. The van der Waals surface area contributed by atoms with Crippen LogP contribution in [0.15, 0.2) is 47.1 Å². The van der Waals surface area contributed by atoms with E-state index in [1.54, 1.807) is 18.2 Å². The van der Waals surface area contributed by atoms with Crippen molar-refractivity contribution in [3.05, 3.63) is 64.1 Å². The van der Waals surface area contributed by atoms with E-state index in [1.807, 2.05) is 6.07 Å². The van der Waals surface area contributed by atoms with Gasteiger partial charge in [-0.05, 0) is 34.1 Å². The third-order valence-electron chi connectivity index (χ3n) is 3.97. The Bertz CT molecular complexity index is 1210. The SMILES string of the molecule is N#Cc1ccccc1-c1nc(N)c2nn(Cc3ncccc3F)nc2c1Br. The fourth-order valence-corrected chi connectivity index (χ4v) is 3.28. The van der Waals surface area contributed by atoms with Gasteiger partial charge < -0.3 is 5.73 Å². The van der Waals surface area contributed by atoms with Crippen LogP contribution >= 0.6 is 15.9 Å². The van der Waals surface area contributed by atoms with Crippen molar-refractivity contribution in [3.63, 3.8) is 0 Å². The number of rotatable bonds is 3. The molecular formula is C18H11BrFN7. The Labute approximate surface area is 161 Å². The summed E-state index contributed by atoms with van der Waals surface area (Å²) in [6, 6.07) is 12.1. The molecule has 0 aliphatic carbocycles. The molecule has 0 radical (unpaired) electrons. The number of hydrogen-bond donors (Lipinski definition) is 1. The highest BCUT2D eigenvalue weighted by Gasteiger charge is 2.19. The van der Waals surface area contributed by atoms with E-state index < -0.39 is 5.82 Å². The molecule has 0 fully saturated rings. The minimum Gasteiger partial charge on any atom is -0.382 e. The van der Waals surface area contributed by atoms with E-state index in [4.69, 9.17) is 5.73 Å². The molecule has 0 bridgehead atoms. The lowest BCUT2D eigenvalue weighted by molar-refractivity contribution is 0.540. The lowest BCUT2D eigenvalue weighted by Crippen LogP contribution is -2.07. The van der Waals surface area contributed by atoms with Gasteiger partial charge in [-0.2, -0.15) is 15.2 Å². The molecule has 4 rings (SSSR count). The Hall–Kier alpha value is -3.38. The van der Waals surface area contributed by atoms with Crippen molar-refractivity contribution in [2.24, 2.45) is 0 Å². The molecule has 0 amide bonds. The van der Waals surface area contributed by atoms with Crippen molar-refractivity contribution in [3.8, 4) is 17.3 Å². The quantitative estimate of drug-likeness (QED) is 0.541. The number of aromatic nitrogens is 5. The third-order valence-corrected chi connectivity index (χ3v) is 4.73. The maximum absolute atomic E-state index is 13.8. The molecule has 132 valence electrons. The number of benzene rings is 1. The Morgan fingerprint density at radius 3 is 2.70 bits per heavy atom. The summed E-state index contributed by atoms with van der Waals surface area (Å²) in [6.07, 6.45) is 1.50. The van der Waals surface area contributed by atoms with Gasteiger partial charge in [-0.1, -0.05) is 18.2 Å². The average Bonchev–Trinajstić information content (AvgIpc) is 3.11. The van der Waals surface area contributed by atoms with Gasteiger partial charge in [-0.3, -0.25) is 4.98 Å². The van der Waals surface area contributed by atoms with Gasteiger partial charge in [0.2, 0.25) is 0 Å². The van der Waals surface area contributed by atoms with Crippen LogP contribution in [-0.2, 0) is 6.54 Å². The summed E-state index contributed by atoms with van der Waals surface area (Å²) < 4.78 is 14.4. The van der Waals surface area contributed by atoms with Gasteiger partial charge in [0.25, 0.3) is 0 Å². The molecular weight excluding hydrogens is 413 g/mol. The standard InChI is InChI=1S/C18H11BrFN7/c19-14-15(11-5-2-1-4-10(11)8-21)24-18(22)17-16(14)25-27(26-17)9-13-12(20)6-3-7-23-13/h1-7H,9H2,(H2,22,24). The van der Waals surface area contributed by atoms with E-state index in [9.17, 15) is 9.65 Å². The van der Waals surface area contributed by atoms with Crippen LogP contribution in [0.2, 0.25) is 0 Å². The first-order valence-corrected chi connectivity index (χ1v) is 8.66. The van der Waals surface area contributed by atoms with Gasteiger partial charge in [0.05, 0.1) is 27.5 Å². The van der Waals surface area contributed by atoms with Crippen LogP contribution in [0.25, 0.3) is 22.3 Å². The predicted molar refractivity (Wildman–Crippen MR) is 101 cm³/mol. The first kappa shape index (κ1) is 17.1. The van der Waals surface area contributed by atoms with Gasteiger partial charge in [-0.25, -0.2) is 9.37 Å². The smallest absolute Gasteiger partial charge is 0.156 e. The van der Waals surface area contributed by atoms with Gasteiger partial charge in [0.15, 0.2) is 11.3 Å². The molecule has 2 N–H and O–H groups in total. The molecule has 27 heavy (non-hydrogen) atoms. The molecule has 1 aromatic carbocycles. The number of nitrogen functional groups attached to an aromatic ring is 1. The van der Waals surface area contributed by atoms with Crippen molar-refractivity contribution in [2.75, 3.05) is 5.73 Å². The van der Waals surface area contributed by atoms with E-state index in [0.717, 1.165) is 0 Å². The van der Waals surface area contributed by atoms with Crippen molar-refractivity contribution < 1.29 is 4.39 Å². The summed E-state index contributed by atoms with van der Waals surface area (Å²) in [5.74, 6) is -0.267. The number of pyridine rings is 2. The fourth-order valence-electron chi connectivity index (χ4n) is 2.71. The van der Waals surface area contributed by atoms with Gasteiger partial charge >= 0.3 is 0 Å². The molecule has 0 atom stereocenters. The van der Waals surface area contributed by atoms with Gasteiger partial charge in [0, 0.05) is 11.8 Å². The summed E-state index contributed by atoms with van der Waals surface area (Å²) >= 11 is 3.50. The molecule has 0 spiro atoms. The maximum Gasteiger partial charge on any atom is 0.156 e. The molecule has 3 heterocycles. The highest BCUT2D eigenvalue weighted by molar-refractivity contribution is 9.10. The van der Waals surface area contributed by atoms with Crippen molar-refractivity contribution in [1.29, 1.82) is 5.26 Å². The molecule has 7 nitrogen and oxygen atoms in total. The first-order chi connectivity index (χ1) is 13.1. The number of hydrogen-bond acceptors (Lipinski definition) is 6. The molecule has 0 unspecified atom stereocenters. The summed E-state index contributed by atoms with van der Waals surface area (Å²) in [7, 11) is 0. The van der Waals surface area contributed by atoms with E-state index in [2.05, 4.69) is 42.2 Å². The van der Waals surface area contributed by atoms with Crippen LogP contribution in [-0.4, -0.2) is 25.0 Å². The lowest BCUT2D eigenvalue weighted by Gasteiger charge is -2.07. The average molecular weight is 424 g/mol. The van der Waals surface area contributed by atoms with Crippen molar-refractivity contribution in [1.82, 2.24) is 25.0 Å². The Morgan fingerprint density at radius 2 is 1.93 bits per heavy atom. The van der Waals surface area contributed by atoms with Crippen LogP contribution in [0.4, 0.5) is 10.2 Å². The number of nitrogens with zero attached hydrogens (tertiary/aromatic N) is 6. The Kier molecular flexibility index (Phi) is 4.25. The van der Waals surface area contributed by atoms with Crippen molar-refractivity contribution >= 4 is 32.8 Å². The zero-order valence-corrected chi connectivity index (χ0v) is 15.4. The van der Waals surface area contributed by atoms with Crippen molar-refractivity contribution in [2.45, 2.75) is 6.54 Å². The molecule has 0 saturated carbocycles. The molecule has 0 saturated heterocycles. The monoisotopic (exact) mass is 423 g/mol. The second-order valence-electron chi connectivity index (χ2n) is 5.68. The van der Waals surface area contributed by atoms with Gasteiger partial charge in [0.1, 0.15) is 17.9 Å². The number of anilines is 1. The van der Waals surface area contributed by atoms with Gasteiger partial charge in [-0.15, -0.1) is 5.10 Å². The topological polar surface area (TPSA) is 106 Å². The second kappa shape index (κ2) is 6.74. The zero-order valence-electron chi connectivity index (χ0n) is 13.8. The molecule has 0 aliphatic rings. The van der Waals surface area contributed by atoms with Crippen LogP contribution in [0.5, 0.6) is 0 Å². The Balaban J connectivity index is 1.85. The van der Waals surface area contributed by atoms with E-state index in [1.165, 1.54) is 23.1 Å². The molecule has 4 aromatic rings. The van der Waals surface area contributed by atoms with E-state index >= 15 is 0 Å². The predicted octanol–water partition coefficient (Wildman–Crippen LogP) is 3.29. The largest absolute Gasteiger partial charge is 0.382 e. The summed E-state index contributed by atoms with van der Waals surface area (Å²) in [6.45, 7) is 0.0529. The van der Waals surface area contributed by atoms with Crippen LogP contribution < -0.4 is 5.73 Å². The third kappa shape index (κ3) is 3.00. The summed E-state index contributed by atoms with van der Waals surface area (Å²) in [4.78, 5) is 9.72. The Morgan fingerprint density at radius 1 is 1.15 bits per heavy atom. The van der Waals surface area contributed by atoms with Crippen LogP contribution in [0, 0.1) is 17.1 Å². The number of halogens is 2.